The summed E-state index contributed by atoms with van der Waals surface area (Å²) >= 11 is 3.42. The fourth-order valence-electron chi connectivity index (χ4n) is 1.19. The molecule has 1 nitrogen and oxygen atoms in total. The molecule has 1 heterocycles. The SMILES string of the molecule is CCCCCCCCBr.c1ccncc1. The molecule has 86 valence electrons. The minimum absolute atomic E-state index is 1.18. The van der Waals surface area contributed by atoms with Crippen LogP contribution in [0.5, 0.6) is 0 Å². The smallest absolute Gasteiger partial charge is 0.0267 e. The lowest BCUT2D eigenvalue weighted by Crippen LogP contribution is -1.78. The van der Waals surface area contributed by atoms with Gasteiger partial charge in [0.15, 0.2) is 0 Å². The van der Waals surface area contributed by atoms with Crippen LogP contribution in [0.15, 0.2) is 30.6 Å². The van der Waals surface area contributed by atoms with Crippen LogP contribution in [0, 0.1) is 0 Å². The van der Waals surface area contributed by atoms with Gasteiger partial charge in [-0.05, 0) is 18.6 Å². The van der Waals surface area contributed by atoms with E-state index in [1.807, 2.05) is 18.2 Å². The first-order chi connectivity index (χ1) is 7.41. The fraction of sp³-hybridized carbons (Fsp3) is 0.615. The Balaban J connectivity index is 0.000000280. The molecule has 0 atom stereocenters. The van der Waals surface area contributed by atoms with Gasteiger partial charge in [-0.1, -0.05) is 61.0 Å². The Morgan fingerprint density at radius 2 is 1.47 bits per heavy atom. The van der Waals surface area contributed by atoms with Gasteiger partial charge >= 0.3 is 0 Å². The first kappa shape index (κ1) is 14.6. The van der Waals surface area contributed by atoms with E-state index in [1.165, 1.54) is 43.9 Å². The first-order valence-corrected chi connectivity index (χ1v) is 6.95. The molecule has 15 heavy (non-hydrogen) atoms. The summed E-state index contributed by atoms with van der Waals surface area (Å²) in [6, 6.07) is 5.72. The third-order valence-electron chi connectivity index (χ3n) is 2.05. The molecule has 0 aliphatic carbocycles. The summed E-state index contributed by atoms with van der Waals surface area (Å²) < 4.78 is 0. The van der Waals surface area contributed by atoms with Crippen LogP contribution >= 0.6 is 15.9 Å². The van der Waals surface area contributed by atoms with Gasteiger partial charge in [0.25, 0.3) is 0 Å². The number of unbranched alkanes of at least 4 members (excludes halogenated alkanes) is 5. The molecular weight excluding hydrogens is 250 g/mol. The second-order valence-corrected chi connectivity index (χ2v) is 4.27. The lowest BCUT2D eigenvalue weighted by atomic mass is 10.1. The van der Waals surface area contributed by atoms with E-state index in [0.717, 1.165) is 0 Å². The van der Waals surface area contributed by atoms with Crippen LogP contribution in [0.1, 0.15) is 45.4 Å². The number of hydrogen-bond donors (Lipinski definition) is 0. The van der Waals surface area contributed by atoms with Crippen molar-refractivity contribution in [3.63, 3.8) is 0 Å². The van der Waals surface area contributed by atoms with E-state index in [4.69, 9.17) is 0 Å². The zero-order valence-electron chi connectivity index (χ0n) is 9.66. The maximum Gasteiger partial charge on any atom is 0.0267 e. The van der Waals surface area contributed by atoms with Crippen molar-refractivity contribution in [3.8, 4) is 0 Å². The number of halogens is 1. The van der Waals surface area contributed by atoms with E-state index in [-0.39, 0.29) is 0 Å². The monoisotopic (exact) mass is 271 g/mol. The molecule has 0 aliphatic heterocycles. The average Bonchev–Trinajstić information content (AvgIpc) is 2.32. The Morgan fingerprint density at radius 1 is 0.867 bits per heavy atom. The molecule has 0 bridgehead atoms. The third-order valence-corrected chi connectivity index (χ3v) is 2.61. The van der Waals surface area contributed by atoms with Gasteiger partial charge in [-0.15, -0.1) is 0 Å². The lowest BCUT2D eigenvalue weighted by molar-refractivity contribution is 0.628. The van der Waals surface area contributed by atoms with Gasteiger partial charge in [-0.3, -0.25) is 4.98 Å². The van der Waals surface area contributed by atoms with E-state index >= 15 is 0 Å². The average molecular weight is 272 g/mol. The molecule has 0 radical (unpaired) electrons. The van der Waals surface area contributed by atoms with Crippen molar-refractivity contribution in [3.05, 3.63) is 30.6 Å². The van der Waals surface area contributed by atoms with E-state index < -0.39 is 0 Å². The summed E-state index contributed by atoms with van der Waals surface area (Å²) in [5, 5.41) is 1.18. The van der Waals surface area contributed by atoms with Crippen molar-refractivity contribution in [2.24, 2.45) is 0 Å². The van der Waals surface area contributed by atoms with Crippen molar-refractivity contribution in [1.82, 2.24) is 4.98 Å². The molecule has 0 saturated heterocycles. The Hall–Kier alpha value is -0.370. The molecule has 0 spiro atoms. The summed E-state index contributed by atoms with van der Waals surface area (Å²) in [5.41, 5.74) is 0. The van der Waals surface area contributed by atoms with Crippen LogP contribution in [0.4, 0.5) is 0 Å². The summed E-state index contributed by atoms with van der Waals surface area (Å²) in [6.07, 6.45) is 11.9. The molecule has 0 amide bonds. The van der Waals surface area contributed by atoms with Crippen molar-refractivity contribution < 1.29 is 0 Å². The van der Waals surface area contributed by atoms with Crippen LogP contribution < -0.4 is 0 Å². The number of rotatable bonds is 6. The zero-order valence-corrected chi connectivity index (χ0v) is 11.2. The van der Waals surface area contributed by atoms with E-state index in [9.17, 15) is 0 Å². The van der Waals surface area contributed by atoms with Crippen molar-refractivity contribution in [1.29, 1.82) is 0 Å². The van der Waals surface area contributed by atoms with Gasteiger partial charge in [-0.25, -0.2) is 0 Å². The molecule has 0 unspecified atom stereocenters. The van der Waals surface area contributed by atoms with Crippen LogP contribution in [-0.2, 0) is 0 Å². The molecule has 0 saturated carbocycles. The maximum absolute atomic E-state index is 3.78. The standard InChI is InChI=1S/C8H17Br.C5H5N/c1-2-3-4-5-6-7-8-9;1-2-4-6-5-3-1/h2-8H2,1H3;1-5H. The number of nitrogens with zero attached hydrogens (tertiary/aromatic N) is 1. The zero-order chi connectivity index (χ0) is 11.2. The van der Waals surface area contributed by atoms with E-state index in [2.05, 4.69) is 27.8 Å². The van der Waals surface area contributed by atoms with Gasteiger partial charge in [0.2, 0.25) is 0 Å². The molecule has 0 aliphatic rings. The summed E-state index contributed by atoms with van der Waals surface area (Å²) in [7, 11) is 0. The predicted octanol–water partition coefficient (Wildman–Crippen LogP) is 4.82. The minimum atomic E-state index is 1.18. The van der Waals surface area contributed by atoms with Crippen LogP contribution in [-0.4, -0.2) is 10.3 Å². The normalized spacial score (nSPS) is 9.20. The molecule has 1 rings (SSSR count). The molecule has 0 fully saturated rings. The van der Waals surface area contributed by atoms with E-state index in [1.54, 1.807) is 12.4 Å². The van der Waals surface area contributed by atoms with Gasteiger partial charge in [-0.2, -0.15) is 0 Å². The largest absolute Gasteiger partial charge is 0.265 e. The number of alkyl halides is 1. The molecule has 0 aromatic carbocycles. The first-order valence-electron chi connectivity index (χ1n) is 5.82. The Morgan fingerprint density at radius 3 is 1.87 bits per heavy atom. The van der Waals surface area contributed by atoms with Crippen LogP contribution in [0.3, 0.4) is 0 Å². The minimum Gasteiger partial charge on any atom is -0.265 e. The highest BCUT2D eigenvalue weighted by Crippen LogP contribution is 2.05. The highest BCUT2D eigenvalue weighted by atomic mass is 79.9. The maximum atomic E-state index is 3.78. The molecule has 2 heteroatoms. The Bertz CT molecular complexity index is 156. The summed E-state index contributed by atoms with van der Waals surface area (Å²) in [5.74, 6) is 0. The fourth-order valence-corrected chi connectivity index (χ4v) is 1.58. The number of pyridine rings is 1. The van der Waals surface area contributed by atoms with Crippen molar-refractivity contribution >= 4 is 15.9 Å². The number of aromatic nitrogens is 1. The molecule has 1 aromatic heterocycles. The van der Waals surface area contributed by atoms with Gasteiger partial charge in [0.1, 0.15) is 0 Å². The highest BCUT2D eigenvalue weighted by Gasteiger charge is 1.86. The van der Waals surface area contributed by atoms with Crippen LogP contribution in [0.2, 0.25) is 0 Å². The highest BCUT2D eigenvalue weighted by molar-refractivity contribution is 9.09. The van der Waals surface area contributed by atoms with Crippen molar-refractivity contribution in [2.75, 3.05) is 5.33 Å². The van der Waals surface area contributed by atoms with Gasteiger partial charge < -0.3 is 0 Å². The molecule has 1 aromatic rings. The Kier molecular flexibility index (Phi) is 13.3. The van der Waals surface area contributed by atoms with E-state index in [0.29, 0.717) is 0 Å². The second kappa shape index (κ2) is 13.6. The number of hydrogen-bond acceptors (Lipinski definition) is 1. The van der Waals surface area contributed by atoms with Gasteiger partial charge in [0, 0.05) is 17.7 Å². The van der Waals surface area contributed by atoms with Crippen LogP contribution in [0.25, 0.3) is 0 Å². The summed E-state index contributed by atoms with van der Waals surface area (Å²) in [6.45, 7) is 2.25. The Labute approximate surface area is 102 Å². The third kappa shape index (κ3) is 13.6. The quantitative estimate of drug-likeness (QED) is 0.534. The van der Waals surface area contributed by atoms with Gasteiger partial charge in [0.05, 0.1) is 0 Å². The second-order valence-electron chi connectivity index (χ2n) is 3.48. The predicted molar refractivity (Wildman–Crippen MR) is 71.4 cm³/mol. The molecule has 0 N–H and O–H groups in total. The van der Waals surface area contributed by atoms with Crippen molar-refractivity contribution in [2.45, 2.75) is 45.4 Å². The summed E-state index contributed by atoms with van der Waals surface area (Å²) in [4.78, 5) is 3.78. The molecular formula is C13H22BrN. The topological polar surface area (TPSA) is 12.9 Å². The lowest BCUT2D eigenvalue weighted by Gasteiger charge is -1.95.